The quantitative estimate of drug-likeness (QED) is 0.750. The molecule has 6 nitrogen and oxygen atoms in total. The van der Waals surface area contributed by atoms with E-state index in [2.05, 4.69) is 20.3 Å². The van der Waals surface area contributed by atoms with Crippen LogP contribution in [0.5, 0.6) is 0 Å². The van der Waals surface area contributed by atoms with Gasteiger partial charge in [0, 0.05) is 6.20 Å². The molecule has 2 aromatic heterocycles. The van der Waals surface area contributed by atoms with Crippen LogP contribution in [0.1, 0.15) is 16.2 Å². The zero-order valence-electron chi connectivity index (χ0n) is 11.3. The highest BCUT2D eigenvalue weighted by molar-refractivity contribution is 6.11. The summed E-state index contributed by atoms with van der Waals surface area (Å²) in [5, 5.41) is 2.58. The Morgan fingerprint density at radius 2 is 2.05 bits per heavy atom. The minimum Gasteiger partial charge on any atom is -0.342 e. The van der Waals surface area contributed by atoms with E-state index in [1.807, 2.05) is 13.0 Å². The van der Waals surface area contributed by atoms with Gasteiger partial charge in [-0.05, 0) is 31.2 Å². The maximum Gasteiger partial charge on any atom is 0.293 e. The molecule has 0 unspecified atom stereocenters. The first-order valence-electron chi connectivity index (χ1n) is 6.37. The minimum absolute atomic E-state index is 0.134. The number of H-pyrrole nitrogens is 1. The third-order valence-electron chi connectivity index (χ3n) is 3.01. The molecule has 3 rings (SSSR count). The van der Waals surface area contributed by atoms with Gasteiger partial charge in [0.05, 0.1) is 11.1 Å². The number of fused-ring (bicyclic) bond motifs is 1. The van der Waals surface area contributed by atoms with Crippen LogP contribution in [0.15, 0.2) is 47.4 Å². The van der Waals surface area contributed by atoms with Crippen LogP contribution in [0.25, 0.3) is 11.0 Å². The number of nitrogens with zero attached hydrogens (tertiary/aromatic N) is 2. The number of carbonyl (C=O) groups excluding carboxylic acids is 1. The number of benzene rings is 1. The Balaban J connectivity index is 2.02. The van der Waals surface area contributed by atoms with Crippen molar-refractivity contribution in [2.75, 3.05) is 5.32 Å². The van der Waals surface area contributed by atoms with Crippen molar-refractivity contribution in [1.29, 1.82) is 0 Å². The van der Waals surface area contributed by atoms with Gasteiger partial charge in [-0.3, -0.25) is 9.59 Å². The van der Waals surface area contributed by atoms with E-state index in [-0.39, 0.29) is 5.69 Å². The van der Waals surface area contributed by atoms with Gasteiger partial charge in [-0.15, -0.1) is 0 Å². The van der Waals surface area contributed by atoms with Crippen LogP contribution < -0.4 is 10.9 Å². The van der Waals surface area contributed by atoms with Crippen LogP contribution in [0, 0.1) is 6.92 Å². The van der Waals surface area contributed by atoms with Gasteiger partial charge < -0.3 is 10.3 Å². The van der Waals surface area contributed by atoms with Crippen LogP contribution >= 0.6 is 0 Å². The highest BCUT2D eigenvalue weighted by atomic mass is 16.2. The van der Waals surface area contributed by atoms with Crippen molar-refractivity contribution in [1.82, 2.24) is 15.0 Å². The average molecular weight is 280 g/mol. The molecule has 0 saturated heterocycles. The number of aromatic nitrogens is 3. The molecule has 0 spiro atoms. The molecule has 1 amide bonds. The molecule has 0 aliphatic heterocycles. The predicted octanol–water partition coefficient (Wildman–Crippen LogP) is 1.88. The largest absolute Gasteiger partial charge is 0.342 e. The number of aryl methyl sites for hydroxylation is 1. The molecule has 0 fully saturated rings. The van der Waals surface area contributed by atoms with Gasteiger partial charge in [-0.2, -0.15) is 0 Å². The Hall–Kier alpha value is -3.02. The van der Waals surface area contributed by atoms with E-state index >= 15 is 0 Å². The lowest BCUT2D eigenvalue weighted by Gasteiger charge is -2.03. The van der Waals surface area contributed by atoms with Crippen molar-refractivity contribution < 1.29 is 4.79 Å². The molecular formula is C15H12N4O2. The van der Waals surface area contributed by atoms with E-state index in [0.717, 1.165) is 11.3 Å². The summed E-state index contributed by atoms with van der Waals surface area (Å²) in [4.78, 5) is 35.1. The van der Waals surface area contributed by atoms with E-state index < -0.39 is 11.5 Å². The zero-order valence-corrected chi connectivity index (χ0v) is 11.3. The van der Waals surface area contributed by atoms with E-state index in [9.17, 15) is 9.59 Å². The fourth-order valence-electron chi connectivity index (χ4n) is 2.08. The number of rotatable bonds is 2. The Morgan fingerprint density at radius 1 is 1.19 bits per heavy atom. The number of carbonyl (C=O) groups is 1. The lowest BCUT2D eigenvalue weighted by molar-refractivity contribution is 0.102. The molecule has 6 heteroatoms. The Labute approximate surface area is 119 Å². The highest BCUT2D eigenvalue weighted by Gasteiger charge is 2.13. The van der Waals surface area contributed by atoms with Crippen LogP contribution in [-0.2, 0) is 0 Å². The second-order valence-corrected chi connectivity index (χ2v) is 4.53. The summed E-state index contributed by atoms with van der Waals surface area (Å²) >= 11 is 0. The molecule has 104 valence electrons. The SMILES string of the molecule is Cc1nc2c(C(=O)Nc3ccccnc3=O)cccc2[nH]1. The number of nitrogens with one attached hydrogen (secondary N) is 2. The molecule has 2 N–H and O–H groups in total. The van der Waals surface area contributed by atoms with E-state index in [4.69, 9.17) is 0 Å². The normalized spacial score (nSPS) is 10.5. The van der Waals surface area contributed by atoms with Crippen molar-refractivity contribution in [3.63, 3.8) is 0 Å². The molecule has 0 aliphatic rings. The summed E-state index contributed by atoms with van der Waals surface area (Å²) in [5.74, 6) is 0.333. The number of amides is 1. The van der Waals surface area contributed by atoms with Gasteiger partial charge in [0.1, 0.15) is 17.0 Å². The molecule has 0 radical (unpaired) electrons. The summed E-state index contributed by atoms with van der Waals surface area (Å²) < 4.78 is 0. The van der Waals surface area contributed by atoms with Gasteiger partial charge in [0.25, 0.3) is 11.5 Å². The standard InChI is InChI=1S/C15H12N4O2/c1-9-17-11-7-4-5-10(13(11)18-9)14(20)19-12-6-2-3-8-16-15(12)21/h2-8H,1H3,(H,17,18)(H,16,19,20,21). The summed E-state index contributed by atoms with van der Waals surface area (Å²) in [6.07, 6.45) is 1.38. The number of aromatic amines is 1. The molecule has 1 aromatic carbocycles. The second-order valence-electron chi connectivity index (χ2n) is 4.53. The summed E-state index contributed by atoms with van der Waals surface area (Å²) in [6.45, 7) is 1.82. The average Bonchev–Trinajstić information content (AvgIpc) is 2.73. The number of hydrogen-bond donors (Lipinski definition) is 2. The fourth-order valence-corrected chi connectivity index (χ4v) is 2.08. The first kappa shape index (κ1) is 13.0. The van der Waals surface area contributed by atoms with Crippen LogP contribution in [0.2, 0.25) is 0 Å². The maximum atomic E-state index is 12.4. The van der Waals surface area contributed by atoms with Crippen molar-refractivity contribution in [2.24, 2.45) is 0 Å². The van der Waals surface area contributed by atoms with Crippen molar-refractivity contribution in [3.8, 4) is 0 Å². The number of para-hydroxylation sites is 1. The van der Waals surface area contributed by atoms with Crippen LogP contribution in [0.3, 0.4) is 0 Å². The topological polar surface area (TPSA) is 87.7 Å². The van der Waals surface area contributed by atoms with Crippen molar-refractivity contribution in [3.05, 3.63) is 64.3 Å². The first-order chi connectivity index (χ1) is 10.1. The molecule has 0 atom stereocenters. The number of hydrogen-bond acceptors (Lipinski definition) is 4. The molecule has 0 saturated carbocycles. The molecular weight excluding hydrogens is 268 g/mol. The van der Waals surface area contributed by atoms with Crippen molar-refractivity contribution >= 4 is 22.6 Å². The summed E-state index contributed by atoms with van der Waals surface area (Å²) in [7, 11) is 0. The summed E-state index contributed by atoms with van der Waals surface area (Å²) in [6, 6.07) is 10.0. The number of imidazole rings is 1. The smallest absolute Gasteiger partial charge is 0.293 e. The fraction of sp³-hybridized carbons (Fsp3) is 0.0667. The molecule has 0 aliphatic carbocycles. The van der Waals surface area contributed by atoms with E-state index in [1.54, 1.807) is 24.3 Å². The maximum absolute atomic E-state index is 12.4. The van der Waals surface area contributed by atoms with Gasteiger partial charge in [-0.1, -0.05) is 12.1 Å². The molecule has 2 heterocycles. The van der Waals surface area contributed by atoms with E-state index in [0.29, 0.717) is 11.1 Å². The van der Waals surface area contributed by atoms with Crippen LogP contribution in [-0.4, -0.2) is 20.9 Å². The van der Waals surface area contributed by atoms with Gasteiger partial charge >= 0.3 is 0 Å². The Kier molecular flexibility index (Phi) is 3.19. The number of anilines is 1. The van der Waals surface area contributed by atoms with Gasteiger partial charge in [-0.25, -0.2) is 9.97 Å². The lowest BCUT2D eigenvalue weighted by atomic mass is 10.1. The Morgan fingerprint density at radius 3 is 2.90 bits per heavy atom. The van der Waals surface area contributed by atoms with Gasteiger partial charge in [0.15, 0.2) is 0 Å². The van der Waals surface area contributed by atoms with Crippen molar-refractivity contribution in [2.45, 2.75) is 6.92 Å². The third-order valence-corrected chi connectivity index (χ3v) is 3.01. The molecule has 3 aromatic rings. The predicted molar refractivity (Wildman–Crippen MR) is 79.3 cm³/mol. The highest BCUT2D eigenvalue weighted by Crippen LogP contribution is 2.17. The van der Waals surface area contributed by atoms with E-state index in [1.165, 1.54) is 12.3 Å². The molecule has 0 bridgehead atoms. The lowest BCUT2D eigenvalue weighted by Crippen LogP contribution is -2.18. The zero-order chi connectivity index (χ0) is 14.8. The minimum atomic E-state index is -0.487. The Bertz CT molecular complexity index is 886. The van der Waals surface area contributed by atoms with Gasteiger partial charge in [0.2, 0.25) is 0 Å². The van der Waals surface area contributed by atoms with Crippen LogP contribution in [0.4, 0.5) is 5.69 Å². The first-order valence-corrected chi connectivity index (χ1v) is 6.37. The third kappa shape index (κ3) is 2.51. The monoisotopic (exact) mass is 280 g/mol. The second kappa shape index (κ2) is 5.16. The summed E-state index contributed by atoms with van der Waals surface area (Å²) in [5.41, 5.74) is 1.41. The molecule has 21 heavy (non-hydrogen) atoms.